The third-order valence-corrected chi connectivity index (χ3v) is 5.00. The zero-order valence-corrected chi connectivity index (χ0v) is 15.2. The molecule has 0 atom stereocenters. The molecular formula is C21H20N4O3. The molecular weight excluding hydrogens is 356 g/mol. The van der Waals surface area contributed by atoms with Crippen LogP contribution in [-0.2, 0) is 0 Å². The summed E-state index contributed by atoms with van der Waals surface area (Å²) in [5, 5.41) is 10.3. The van der Waals surface area contributed by atoms with E-state index in [1.165, 1.54) is 0 Å². The highest BCUT2D eigenvalue weighted by atomic mass is 16.3. The van der Waals surface area contributed by atoms with E-state index in [0.717, 1.165) is 11.1 Å². The summed E-state index contributed by atoms with van der Waals surface area (Å²) in [6.07, 6.45) is 1.55. The molecule has 0 bridgehead atoms. The molecule has 2 heterocycles. The average Bonchev–Trinajstić information content (AvgIpc) is 2.73. The van der Waals surface area contributed by atoms with E-state index in [2.05, 4.69) is 9.88 Å². The van der Waals surface area contributed by atoms with Gasteiger partial charge in [0.05, 0.1) is 11.1 Å². The molecule has 1 fully saturated rings. The van der Waals surface area contributed by atoms with E-state index in [1.807, 2.05) is 17.0 Å². The second-order valence-electron chi connectivity index (χ2n) is 6.79. The van der Waals surface area contributed by atoms with E-state index in [0.29, 0.717) is 42.8 Å². The minimum Gasteiger partial charge on any atom is -0.508 e. The van der Waals surface area contributed by atoms with E-state index < -0.39 is 5.91 Å². The zero-order valence-electron chi connectivity index (χ0n) is 15.2. The minimum atomic E-state index is -0.443. The topological polar surface area (TPSA) is 99.8 Å². The molecule has 142 valence electrons. The van der Waals surface area contributed by atoms with Gasteiger partial charge in [0.25, 0.3) is 5.91 Å². The number of carbonyl (C=O) groups is 2. The summed E-state index contributed by atoms with van der Waals surface area (Å²) < 4.78 is 0. The average molecular weight is 376 g/mol. The maximum absolute atomic E-state index is 12.8. The first kappa shape index (κ1) is 17.8. The number of carbonyl (C=O) groups excluding carboxylic acids is 2. The molecule has 1 aliphatic rings. The van der Waals surface area contributed by atoms with E-state index in [1.54, 1.807) is 42.6 Å². The van der Waals surface area contributed by atoms with Crippen LogP contribution in [0.4, 0.5) is 5.69 Å². The van der Waals surface area contributed by atoms with Crippen LogP contribution in [0.3, 0.4) is 0 Å². The van der Waals surface area contributed by atoms with Crippen LogP contribution in [0.25, 0.3) is 10.9 Å². The number of hydrogen-bond acceptors (Lipinski definition) is 5. The number of nitrogens with zero attached hydrogens (tertiary/aromatic N) is 3. The second kappa shape index (κ2) is 7.19. The fourth-order valence-electron chi connectivity index (χ4n) is 3.41. The lowest BCUT2D eigenvalue weighted by atomic mass is 10.1. The van der Waals surface area contributed by atoms with Gasteiger partial charge in [-0.1, -0.05) is 0 Å². The molecule has 3 aromatic rings. The van der Waals surface area contributed by atoms with Gasteiger partial charge in [-0.2, -0.15) is 0 Å². The van der Waals surface area contributed by atoms with Crippen LogP contribution in [-0.4, -0.2) is 53.0 Å². The molecule has 1 aromatic heterocycles. The van der Waals surface area contributed by atoms with Crippen molar-refractivity contribution < 1.29 is 14.7 Å². The van der Waals surface area contributed by atoms with E-state index in [4.69, 9.17) is 5.73 Å². The molecule has 1 aliphatic heterocycles. The van der Waals surface area contributed by atoms with Crippen LogP contribution in [0, 0.1) is 0 Å². The van der Waals surface area contributed by atoms with Crippen LogP contribution in [0.15, 0.2) is 54.7 Å². The van der Waals surface area contributed by atoms with Gasteiger partial charge in [0.2, 0.25) is 5.91 Å². The summed E-state index contributed by atoms with van der Waals surface area (Å²) in [5.41, 5.74) is 7.95. The lowest BCUT2D eigenvalue weighted by molar-refractivity contribution is 0.0746. The van der Waals surface area contributed by atoms with Crippen LogP contribution in [0.1, 0.15) is 20.7 Å². The van der Waals surface area contributed by atoms with Crippen molar-refractivity contribution >= 4 is 28.4 Å². The van der Waals surface area contributed by atoms with Gasteiger partial charge in [-0.3, -0.25) is 14.6 Å². The third kappa shape index (κ3) is 3.46. The first-order chi connectivity index (χ1) is 13.5. The molecule has 3 N–H and O–H groups in total. The first-order valence-electron chi connectivity index (χ1n) is 9.04. The Morgan fingerprint density at radius 2 is 1.64 bits per heavy atom. The molecule has 2 amide bonds. The normalized spacial score (nSPS) is 14.3. The quantitative estimate of drug-likeness (QED) is 0.728. The number of pyridine rings is 1. The molecule has 0 radical (unpaired) electrons. The molecule has 0 aliphatic carbocycles. The first-order valence-corrected chi connectivity index (χ1v) is 9.04. The smallest absolute Gasteiger partial charge is 0.255 e. The molecule has 2 aromatic carbocycles. The Hall–Kier alpha value is -3.61. The molecule has 0 saturated carbocycles. The number of piperazine rings is 1. The van der Waals surface area contributed by atoms with E-state index >= 15 is 0 Å². The molecule has 0 spiro atoms. The Bertz CT molecular complexity index is 1040. The van der Waals surface area contributed by atoms with Gasteiger partial charge < -0.3 is 20.6 Å². The fraction of sp³-hybridized carbons (Fsp3) is 0.190. The number of fused-ring (bicyclic) bond motifs is 1. The lowest BCUT2D eigenvalue weighted by Crippen LogP contribution is -2.48. The Morgan fingerprint density at radius 1 is 0.929 bits per heavy atom. The van der Waals surface area contributed by atoms with Crippen LogP contribution < -0.4 is 10.6 Å². The highest BCUT2D eigenvalue weighted by molar-refractivity contribution is 5.97. The SMILES string of the molecule is NC(=O)c1ccc(N2CCN(C(=O)c3cnc4cc(O)ccc4c3)CC2)cc1. The number of phenols is 1. The number of aromatic hydroxyl groups is 1. The van der Waals surface area contributed by atoms with Crippen molar-refractivity contribution in [2.75, 3.05) is 31.1 Å². The summed E-state index contributed by atoms with van der Waals surface area (Å²) in [7, 11) is 0. The molecule has 28 heavy (non-hydrogen) atoms. The van der Waals surface area contributed by atoms with E-state index in [9.17, 15) is 14.7 Å². The third-order valence-electron chi connectivity index (χ3n) is 5.00. The van der Waals surface area contributed by atoms with Gasteiger partial charge in [-0.25, -0.2) is 0 Å². The fourth-order valence-corrected chi connectivity index (χ4v) is 3.41. The maximum Gasteiger partial charge on any atom is 0.255 e. The highest BCUT2D eigenvalue weighted by Crippen LogP contribution is 2.21. The number of hydrogen-bond donors (Lipinski definition) is 2. The van der Waals surface area contributed by atoms with Crippen molar-refractivity contribution in [3.05, 3.63) is 65.9 Å². The van der Waals surface area contributed by atoms with Crippen molar-refractivity contribution in [1.29, 1.82) is 0 Å². The van der Waals surface area contributed by atoms with Crippen molar-refractivity contribution in [3.63, 3.8) is 0 Å². The van der Waals surface area contributed by atoms with E-state index in [-0.39, 0.29) is 11.7 Å². The van der Waals surface area contributed by atoms with Crippen LogP contribution in [0.5, 0.6) is 5.75 Å². The zero-order chi connectivity index (χ0) is 19.7. The molecule has 7 nitrogen and oxygen atoms in total. The van der Waals surface area contributed by atoms with Crippen molar-refractivity contribution in [2.24, 2.45) is 5.73 Å². The summed E-state index contributed by atoms with van der Waals surface area (Å²) in [6.45, 7) is 2.61. The predicted octanol–water partition coefficient (Wildman–Crippen LogP) is 2.00. The van der Waals surface area contributed by atoms with Crippen molar-refractivity contribution in [1.82, 2.24) is 9.88 Å². The standard InChI is InChI=1S/C21H20N4O3/c22-20(27)14-1-4-17(5-2-14)24-7-9-25(10-8-24)21(28)16-11-15-3-6-18(26)12-19(15)23-13-16/h1-6,11-13,26H,7-10H2,(H2,22,27). The number of phenolic OH excluding ortho intramolecular Hbond substituents is 1. The monoisotopic (exact) mass is 376 g/mol. The van der Waals surface area contributed by atoms with Crippen molar-refractivity contribution in [2.45, 2.75) is 0 Å². The molecule has 0 unspecified atom stereocenters. The molecule has 1 saturated heterocycles. The number of aromatic nitrogens is 1. The van der Waals surface area contributed by atoms with Gasteiger partial charge in [-0.05, 0) is 42.5 Å². The minimum absolute atomic E-state index is 0.0498. The van der Waals surface area contributed by atoms with Crippen molar-refractivity contribution in [3.8, 4) is 5.75 Å². The number of anilines is 1. The number of nitrogens with two attached hydrogens (primary N) is 1. The number of primary amides is 1. The Balaban J connectivity index is 1.43. The van der Waals surface area contributed by atoms with Gasteiger partial charge >= 0.3 is 0 Å². The van der Waals surface area contributed by atoms with Crippen LogP contribution >= 0.6 is 0 Å². The lowest BCUT2D eigenvalue weighted by Gasteiger charge is -2.36. The number of rotatable bonds is 3. The summed E-state index contributed by atoms with van der Waals surface area (Å²) in [6, 6.07) is 13.9. The summed E-state index contributed by atoms with van der Waals surface area (Å²) in [5.74, 6) is -0.341. The number of amides is 2. The second-order valence-corrected chi connectivity index (χ2v) is 6.79. The van der Waals surface area contributed by atoms with Crippen LogP contribution in [0.2, 0.25) is 0 Å². The Morgan fingerprint density at radius 3 is 2.32 bits per heavy atom. The predicted molar refractivity (Wildman–Crippen MR) is 106 cm³/mol. The molecule has 4 rings (SSSR count). The largest absolute Gasteiger partial charge is 0.508 e. The molecule has 7 heteroatoms. The maximum atomic E-state index is 12.8. The van der Waals surface area contributed by atoms with Gasteiger partial charge in [0, 0.05) is 55.1 Å². The Kier molecular flexibility index (Phi) is 4.57. The van der Waals surface area contributed by atoms with Gasteiger partial charge in [0.1, 0.15) is 5.75 Å². The Labute approximate surface area is 162 Å². The van der Waals surface area contributed by atoms with Gasteiger partial charge in [0.15, 0.2) is 0 Å². The summed E-state index contributed by atoms with van der Waals surface area (Å²) >= 11 is 0. The summed E-state index contributed by atoms with van der Waals surface area (Å²) in [4.78, 5) is 32.3. The number of benzene rings is 2. The highest BCUT2D eigenvalue weighted by Gasteiger charge is 2.23. The van der Waals surface area contributed by atoms with Gasteiger partial charge in [-0.15, -0.1) is 0 Å².